The fourth-order valence-electron chi connectivity index (χ4n) is 3.89. The van der Waals surface area contributed by atoms with E-state index in [0.29, 0.717) is 11.8 Å². The summed E-state index contributed by atoms with van der Waals surface area (Å²) in [6, 6.07) is 0. The first-order valence-corrected chi connectivity index (χ1v) is 16.5. The Labute approximate surface area is 141 Å². The van der Waals surface area contributed by atoms with E-state index in [0.717, 1.165) is 0 Å². The van der Waals surface area contributed by atoms with Crippen molar-refractivity contribution in [2.45, 2.75) is 55.4 Å². The van der Waals surface area contributed by atoms with Gasteiger partial charge in [0.2, 0.25) is 0 Å². The van der Waals surface area contributed by atoms with Crippen LogP contribution < -0.4 is 0 Å². The zero-order valence-electron chi connectivity index (χ0n) is 14.4. The second-order valence-electron chi connectivity index (χ2n) is 6.71. The van der Waals surface area contributed by atoms with Gasteiger partial charge in [0.1, 0.15) is 0 Å². The number of hydrogen-bond acceptors (Lipinski definition) is 0. The van der Waals surface area contributed by atoms with Crippen LogP contribution in [0, 0.1) is 11.8 Å². The summed E-state index contributed by atoms with van der Waals surface area (Å²) in [5.41, 5.74) is 8.38. The summed E-state index contributed by atoms with van der Waals surface area (Å²) in [5, 5.41) is 0. The van der Waals surface area contributed by atoms with Crippen molar-refractivity contribution in [3.8, 4) is 0 Å². The Bertz CT molecular complexity index is 576. The van der Waals surface area contributed by atoms with Gasteiger partial charge >= 0.3 is 142 Å². The predicted molar refractivity (Wildman–Crippen MR) is 92.2 cm³/mol. The molecule has 2 aliphatic carbocycles. The Balaban J connectivity index is 2.57. The molecule has 0 aromatic carbocycles. The summed E-state index contributed by atoms with van der Waals surface area (Å²) in [5.74, 6) is 0.814. The summed E-state index contributed by atoms with van der Waals surface area (Å²) in [6.45, 7) is 17.8. The quantitative estimate of drug-likeness (QED) is 0.466. The molecular weight excluding hydrogens is 378 g/mol. The first-order chi connectivity index (χ1) is 9.53. The molecule has 0 spiro atoms. The van der Waals surface area contributed by atoms with E-state index in [1.165, 1.54) is 40.0 Å². The minimum atomic E-state index is -3.52. The summed E-state index contributed by atoms with van der Waals surface area (Å²) in [6.07, 6.45) is 0. The van der Waals surface area contributed by atoms with Gasteiger partial charge in [0.25, 0.3) is 0 Å². The Morgan fingerprint density at radius 1 is 0.619 bits per heavy atom. The second kappa shape index (κ2) is 5.81. The van der Waals surface area contributed by atoms with E-state index >= 15 is 0 Å². The van der Waals surface area contributed by atoms with Gasteiger partial charge in [0.15, 0.2) is 0 Å². The molecular formula is C18H26Cl2Zr. The van der Waals surface area contributed by atoms with E-state index in [1.807, 2.05) is 0 Å². The zero-order valence-corrected chi connectivity index (χ0v) is 18.4. The van der Waals surface area contributed by atoms with Crippen molar-refractivity contribution in [3.05, 3.63) is 40.0 Å². The number of allylic oxidation sites excluding steroid dienone is 8. The molecule has 0 fully saturated rings. The van der Waals surface area contributed by atoms with Crippen molar-refractivity contribution in [2.75, 3.05) is 0 Å². The molecule has 0 bridgehead atoms. The van der Waals surface area contributed by atoms with Crippen LogP contribution in [-0.2, 0) is 17.9 Å². The molecule has 0 saturated carbocycles. The first kappa shape index (κ1) is 17.8. The molecule has 116 valence electrons. The molecule has 2 unspecified atom stereocenters. The third-order valence-corrected chi connectivity index (χ3v) is 18.1. The Kier molecular flexibility index (Phi) is 4.91. The van der Waals surface area contributed by atoms with Gasteiger partial charge in [-0.15, -0.1) is 0 Å². The van der Waals surface area contributed by atoms with Gasteiger partial charge in [0.05, 0.1) is 0 Å². The molecule has 0 saturated heterocycles. The number of hydrogen-bond donors (Lipinski definition) is 0. The molecule has 0 aromatic rings. The molecule has 0 radical (unpaired) electrons. The van der Waals surface area contributed by atoms with Crippen molar-refractivity contribution in [1.29, 1.82) is 0 Å². The van der Waals surface area contributed by atoms with Crippen LogP contribution >= 0.6 is 17.0 Å². The SMILES string of the molecule is CC1=C(C)C(C)[C]([Zr]([Cl])([Cl])[C]2=C(C)C(C)=C(C)C2C)=C1C. The average molecular weight is 405 g/mol. The number of halogens is 2. The molecule has 0 nitrogen and oxygen atoms in total. The van der Waals surface area contributed by atoms with E-state index in [9.17, 15) is 0 Å². The van der Waals surface area contributed by atoms with Crippen LogP contribution in [0.5, 0.6) is 0 Å². The van der Waals surface area contributed by atoms with Crippen molar-refractivity contribution < 1.29 is 17.9 Å². The molecule has 2 atom stereocenters. The Morgan fingerprint density at radius 2 is 0.905 bits per heavy atom. The van der Waals surface area contributed by atoms with Crippen molar-refractivity contribution in [2.24, 2.45) is 11.8 Å². The molecule has 0 amide bonds. The fraction of sp³-hybridized carbons (Fsp3) is 0.556. The van der Waals surface area contributed by atoms with Gasteiger partial charge in [0, 0.05) is 0 Å². The van der Waals surface area contributed by atoms with E-state index < -0.39 is 17.9 Å². The van der Waals surface area contributed by atoms with Crippen LogP contribution in [0.25, 0.3) is 0 Å². The average Bonchev–Trinajstić information content (AvgIpc) is 2.72. The molecule has 21 heavy (non-hydrogen) atoms. The van der Waals surface area contributed by atoms with Crippen LogP contribution in [0.1, 0.15) is 55.4 Å². The van der Waals surface area contributed by atoms with Crippen molar-refractivity contribution in [3.63, 3.8) is 0 Å². The maximum absolute atomic E-state index is 7.20. The van der Waals surface area contributed by atoms with E-state index in [1.54, 1.807) is 0 Å². The normalized spacial score (nSPS) is 27.7. The molecule has 0 aliphatic heterocycles. The number of rotatable bonds is 2. The van der Waals surface area contributed by atoms with E-state index in [4.69, 9.17) is 17.0 Å². The third-order valence-electron chi connectivity index (χ3n) is 5.96. The molecule has 3 heteroatoms. The van der Waals surface area contributed by atoms with Gasteiger partial charge in [-0.05, 0) is 0 Å². The maximum atomic E-state index is 7.20. The first-order valence-electron chi connectivity index (χ1n) is 7.69. The Hall–Kier alpha value is 0.423. The van der Waals surface area contributed by atoms with Crippen LogP contribution in [0.3, 0.4) is 0 Å². The Morgan fingerprint density at radius 3 is 1.10 bits per heavy atom. The van der Waals surface area contributed by atoms with Gasteiger partial charge in [-0.1, -0.05) is 0 Å². The minimum absolute atomic E-state index is 0.407. The van der Waals surface area contributed by atoms with E-state index in [-0.39, 0.29) is 0 Å². The van der Waals surface area contributed by atoms with Gasteiger partial charge in [-0.25, -0.2) is 0 Å². The summed E-state index contributed by atoms with van der Waals surface area (Å²) >= 11 is -3.52. The van der Waals surface area contributed by atoms with Crippen molar-refractivity contribution in [1.82, 2.24) is 0 Å². The van der Waals surface area contributed by atoms with Gasteiger partial charge in [-0.2, -0.15) is 0 Å². The molecule has 0 N–H and O–H groups in total. The van der Waals surface area contributed by atoms with E-state index in [2.05, 4.69) is 55.4 Å². The molecule has 2 rings (SSSR count). The van der Waals surface area contributed by atoms with Crippen molar-refractivity contribution >= 4 is 17.0 Å². The molecule has 2 aliphatic rings. The van der Waals surface area contributed by atoms with Crippen LogP contribution in [0.2, 0.25) is 0 Å². The molecule has 0 heterocycles. The second-order valence-corrected chi connectivity index (χ2v) is 20.0. The van der Waals surface area contributed by atoms with Crippen LogP contribution in [0.4, 0.5) is 0 Å². The summed E-state index contributed by atoms with van der Waals surface area (Å²) in [4.78, 5) is 0. The van der Waals surface area contributed by atoms with Crippen LogP contribution in [-0.4, -0.2) is 0 Å². The fourth-order valence-corrected chi connectivity index (χ4v) is 18.8. The summed E-state index contributed by atoms with van der Waals surface area (Å²) < 4.78 is 2.76. The summed E-state index contributed by atoms with van der Waals surface area (Å²) in [7, 11) is 14.4. The van der Waals surface area contributed by atoms with Crippen LogP contribution in [0.15, 0.2) is 40.0 Å². The standard InChI is InChI=1S/2C9H13.2ClH.Zr/c2*1-6-5-7(2)9(4)8(6)3;;;/h2*6H,1-4H3;2*1H;/q;;;;+2/p-2. The van der Waals surface area contributed by atoms with Gasteiger partial charge in [-0.3, -0.25) is 0 Å². The topological polar surface area (TPSA) is 0 Å². The molecule has 0 aromatic heterocycles. The third kappa shape index (κ3) is 2.52. The predicted octanol–water partition coefficient (Wildman–Crippen LogP) is 6.97. The van der Waals surface area contributed by atoms with Gasteiger partial charge < -0.3 is 0 Å². The zero-order chi connectivity index (χ0) is 16.3. The monoisotopic (exact) mass is 402 g/mol.